The fourth-order valence-electron chi connectivity index (χ4n) is 3.89. The van der Waals surface area contributed by atoms with Crippen molar-refractivity contribution < 1.29 is 19.1 Å². The van der Waals surface area contributed by atoms with Crippen LogP contribution in [0.2, 0.25) is 0 Å². The molecule has 1 aromatic carbocycles. The van der Waals surface area contributed by atoms with E-state index in [0.29, 0.717) is 18.7 Å². The van der Waals surface area contributed by atoms with Gasteiger partial charge in [-0.2, -0.15) is 11.8 Å². The number of thioether (sulfide) groups is 1. The van der Waals surface area contributed by atoms with Gasteiger partial charge in [0, 0.05) is 12.1 Å². The first-order valence-electron chi connectivity index (χ1n) is 12.8. The van der Waals surface area contributed by atoms with Crippen LogP contribution in [0.4, 0.5) is 4.79 Å². The van der Waals surface area contributed by atoms with E-state index in [-0.39, 0.29) is 11.8 Å². The van der Waals surface area contributed by atoms with E-state index in [4.69, 9.17) is 4.74 Å². The van der Waals surface area contributed by atoms with Crippen molar-refractivity contribution in [2.24, 2.45) is 0 Å². The van der Waals surface area contributed by atoms with Gasteiger partial charge in [0.25, 0.3) is 0 Å². The minimum absolute atomic E-state index is 0.221. The highest BCUT2D eigenvalue weighted by molar-refractivity contribution is 7.98. The Morgan fingerprint density at radius 1 is 1.08 bits per heavy atom. The van der Waals surface area contributed by atoms with E-state index in [0.717, 1.165) is 29.5 Å². The van der Waals surface area contributed by atoms with Crippen LogP contribution < -0.4 is 10.6 Å². The number of nitrogens with one attached hydrogen (secondary N) is 2. The van der Waals surface area contributed by atoms with Gasteiger partial charge in [-0.25, -0.2) is 4.79 Å². The van der Waals surface area contributed by atoms with E-state index in [9.17, 15) is 14.4 Å². The van der Waals surface area contributed by atoms with Gasteiger partial charge in [0.15, 0.2) is 0 Å². The highest BCUT2D eigenvalue weighted by Crippen LogP contribution is 2.32. The quantitative estimate of drug-likeness (QED) is 0.374. The van der Waals surface area contributed by atoms with Crippen LogP contribution in [0.3, 0.4) is 0 Å². The first kappa shape index (κ1) is 31.8. The van der Waals surface area contributed by atoms with Gasteiger partial charge in [-0.15, -0.1) is 0 Å². The van der Waals surface area contributed by atoms with Crippen LogP contribution in [0.15, 0.2) is 18.2 Å². The smallest absolute Gasteiger partial charge is 0.408 e. The number of nitrogens with zero attached hydrogens (tertiary/aromatic N) is 1. The molecule has 0 radical (unpaired) electrons. The number of amides is 3. The first-order valence-corrected chi connectivity index (χ1v) is 14.2. The molecule has 2 atom stereocenters. The largest absolute Gasteiger partial charge is 0.444 e. The second-order valence-corrected chi connectivity index (χ2v) is 12.3. The van der Waals surface area contributed by atoms with Crippen LogP contribution in [0.1, 0.15) is 90.5 Å². The minimum Gasteiger partial charge on any atom is -0.444 e. The number of ether oxygens (including phenoxy) is 1. The summed E-state index contributed by atoms with van der Waals surface area (Å²) in [7, 11) is 0. The molecule has 1 aromatic rings. The molecule has 0 aliphatic rings. The van der Waals surface area contributed by atoms with Gasteiger partial charge in [0.2, 0.25) is 11.8 Å². The summed E-state index contributed by atoms with van der Waals surface area (Å²) in [5.41, 5.74) is 1.33. The number of alkyl carbamates (subject to hydrolysis) is 1. The van der Waals surface area contributed by atoms with Gasteiger partial charge < -0.3 is 20.3 Å². The van der Waals surface area contributed by atoms with Gasteiger partial charge in [-0.3, -0.25) is 9.59 Å². The lowest BCUT2D eigenvalue weighted by molar-refractivity contribution is -0.148. The molecule has 0 fully saturated rings. The fourth-order valence-corrected chi connectivity index (χ4v) is 4.36. The van der Waals surface area contributed by atoms with Crippen molar-refractivity contribution >= 4 is 29.7 Å². The van der Waals surface area contributed by atoms with E-state index in [1.54, 1.807) is 37.4 Å². The number of carbonyl (C=O) groups excluding carboxylic acids is 3. The van der Waals surface area contributed by atoms with Crippen molar-refractivity contribution in [1.29, 1.82) is 0 Å². The van der Waals surface area contributed by atoms with Crippen molar-refractivity contribution in [3.8, 4) is 0 Å². The standard InChI is InChI=1S/C28H47N3O4S/c1-11-12-16-29-24(32)23(21-18-19(2)13-14-20(21)3)31(27(4,5)6)25(33)22(15-17-36-10)30-26(34)35-28(7,8)9/h13-14,18,22-23H,11-12,15-17H2,1-10H3,(H,29,32)(H,30,34). The SMILES string of the molecule is CCCCNC(=O)C(c1cc(C)ccc1C)N(C(=O)C(CCSC)NC(=O)OC(C)(C)C)C(C)(C)C. The Morgan fingerprint density at radius 3 is 2.25 bits per heavy atom. The Hall–Kier alpha value is -2.22. The summed E-state index contributed by atoms with van der Waals surface area (Å²) in [4.78, 5) is 42.2. The monoisotopic (exact) mass is 521 g/mol. The Morgan fingerprint density at radius 2 is 1.72 bits per heavy atom. The molecule has 2 unspecified atom stereocenters. The average molecular weight is 522 g/mol. The van der Waals surface area contributed by atoms with Crippen LogP contribution in [0.5, 0.6) is 0 Å². The van der Waals surface area contributed by atoms with Gasteiger partial charge in [0.1, 0.15) is 17.7 Å². The number of hydrogen-bond donors (Lipinski definition) is 2. The molecule has 0 heterocycles. The van der Waals surface area contributed by atoms with Crippen molar-refractivity contribution in [1.82, 2.24) is 15.5 Å². The summed E-state index contributed by atoms with van der Waals surface area (Å²) in [6, 6.07) is 4.28. The normalized spacial score (nSPS) is 13.5. The lowest BCUT2D eigenvalue weighted by atomic mass is 9.91. The molecule has 0 saturated carbocycles. The molecule has 3 amide bonds. The van der Waals surface area contributed by atoms with Crippen molar-refractivity contribution in [2.45, 2.75) is 105 Å². The van der Waals surface area contributed by atoms with Crippen molar-refractivity contribution in [2.75, 3.05) is 18.6 Å². The Bertz CT molecular complexity index is 890. The molecule has 0 bridgehead atoms. The van der Waals surface area contributed by atoms with Gasteiger partial charge >= 0.3 is 6.09 Å². The number of carbonyl (C=O) groups is 3. The molecule has 1 rings (SSSR count). The third-order valence-electron chi connectivity index (χ3n) is 5.63. The van der Waals surface area contributed by atoms with E-state index in [2.05, 4.69) is 17.6 Å². The molecule has 8 heteroatoms. The predicted molar refractivity (Wildman–Crippen MR) is 149 cm³/mol. The molecule has 2 N–H and O–H groups in total. The molecule has 204 valence electrons. The zero-order chi connectivity index (χ0) is 27.7. The topological polar surface area (TPSA) is 87.7 Å². The summed E-state index contributed by atoms with van der Waals surface area (Å²) >= 11 is 1.59. The van der Waals surface area contributed by atoms with Crippen molar-refractivity contribution in [3.05, 3.63) is 34.9 Å². The van der Waals surface area contributed by atoms with Gasteiger partial charge in [-0.1, -0.05) is 37.1 Å². The molecular weight excluding hydrogens is 474 g/mol. The number of aryl methyl sites for hydroxylation is 2. The third kappa shape index (κ3) is 10.0. The summed E-state index contributed by atoms with van der Waals surface area (Å²) in [5, 5.41) is 5.83. The molecule has 0 aliphatic carbocycles. The number of rotatable bonds is 11. The van der Waals surface area contributed by atoms with Crippen LogP contribution in [-0.2, 0) is 14.3 Å². The number of hydrogen-bond acceptors (Lipinski definition) is 5. The average Bonchev–Trinajstić information content (AvgIpc) is 2.74. The summed E-state index contributed by atoms with van der Waals surface area (Å²) in [6.07, 6.45) is 3.53. The molecule has 0 spiro atoms. The van der Waals surface area contributed by atoms with Crippen LogP contribution >= 0.6 is 11.8 Å². The van der Waals surface area contributed by atoms with Gasteiger partial charge in [-0.05, 0) is 91.4 Å². The predicted octanol–water partition coefficient (Wildman–Crippen LogP) is 5.53. The fraction of sp³-hybridized carbons (Fsp3) is 0.679. The van der Waals surface area contributed by atoms with E-state index in [1.807, 2.05) is 59.1 Å². The maximum absolute atomic E-state index is 14.2. The summed E-state index contributed by atoms with van der Waals surface area (Å²) in [5.74, 6) is 0.140. The van der Waals surface area contributed by atoms with E-state index in [1.165, 1.54) is 0 Å². The number of benzene rings is 1. The van der Waals surface area contributed by atoms with Crippen molar-refractivity contribution in [3.63, 3.8) is 0 Å². The van der Waals surface area contributed by atoms with E-state index >= 15 is 0 Å². The molecule has 7 nitrogen and oxygen atoms in total. The Balaban J connectivity index is 3.57. The Labute approximate surface area is 222 Å². The maximum atomic E-state index is 14.2. The molecule has 0 aromatic heterocycles. The summed E-state index contributed by atoms with van der Waals surface area (Å²) in [6.45, 7) is 17.6. The highest BCUT2D eigenvalue weighted by Gasteiger charge is 2.42. The highest BCUT2D eigenvalue weighted by atomic mass is 32.2. The van der Waals surface area contributed by atoms with Crippen LogP contribution in [0, 0.1) is 13.8 Å². The zero-order valence-electron chi connectivity index (χ0n) is 23.9. The lowest BCUT2D eigenvalue weighted by Crippen LogP contribution is -2.58. The Kier molecular flexibility index (Phi) is 12.3. The maximum Gasteiger partial charge on any atom is 0.408 e. The third-order valence-corrected chi connectivity index (χ3v) is 6.27. The second kappa shape index (κ2) is 13.9. The lowest BCUT2D eigenvalue weighted by Gasteiger charge is -2.43. The van der Waals surface area contributed by atoms with E-state index < -0.39 is 29.3 Å². The summed E-state index contributed by atoms with van der Waals surface area (Å²) < 4.78 is 5.45. The van der Waals surface area contributed by atoms with Crippen LogP contribution in [-0.4, -0.2) is 58.5 Å². The molecule has 0 saturated heterocycles. The molecule has 36 heavy (non-hydrogen) atoms. The second-order valence-electron chi connectivity index (χ2n) is 11.3. The van der Waals surface area contributed by atoms with Gasteiger partial charge in [0.05, 0.1) is 0 Å². The molecule has 0 aliphatic heterocycles. The first-order chi connectivity index (χ1) is 16.6. The minimum atomic E-state index is -0.841. The number of unbranched alkanes of at least 4 members (excludes halogenated alkanes) is 1. The zero-order valence-corrected chi connectivity index (χ0v) is 24.7. The molecular formula is C28H47N3O4S. The van der Waals surface area contributed by atoms with Crippen LogP contribution in [0.25, 0.3) is 0 Å².